The molecule has 4 nitrogen and oxygen atoms in total. The summed E-state index contributed by atoms with van der Waals surface area (Å²) in [5, 5.41) is 8.59. The van der Waals surface area contributed by atoms with Crippen molar-refractivity contribution in [2.75, 3.05) is 5.73 Å². The van der Waals surface area contributed by atoms with Gasteiger partial charge in [0.25, 0.3) is 0 Å². The van der Waals surface area contributed by atoms with Crippen molar-refractivity contribution in [2.45, 2.75) is 18.7 Å². The number of rotatable bonds is 1. The molecule has 1 aromatic carbocycles. The molecule has 1 heterocycles. The van der Waals surface area contributed by atoms with Gasteiger partial charge < -0.3 is 10.7 Å². The summed E-state index contributed by atoms with van der Waals surface area (Å²) in [7, 11) is 6.61. The van der Waals surface area contributed by atoms with E-state index in [1.54, 1.807) is 12.1 Å². The van der Waals surface area contributed by atoms with E-state index in [0.29, 0.717) is 10.0 Å². The number of nitriles is 1. The number of nitrogen functional groups attached to an aromatic ring is 1. The van der Waals surface area contributed by atoms with E-state index in [4.69, 9.17) is 33.3 Å². The molecule has 0 unspecified atom stereocenters. The van der Waals surface area contributed by atoms with Crippen molar-refractivity contribution in [1.29, 1.82) is 5.26 Å². The topological polar surface area (TPSA) is 82.7 Å². The van der Waals surface area contributed by atoms with Crippen molar-refractivity contribution in [3.8, 4) is 6.07 Å². The van der Waals surface area contributed by atoms with Crippen LogP contribution in [-0.4, -0.2) is 4.98 Å². The normalized spacial score (nSPS) is 8.73. The number of halogens is 3. The highest BCUT2D eigenvalue weighted by Gasteiger charge is 2.02. The Balaban J connectivity index is 0.000000360. The summed E-state index contributed by atoms with van der Waals surface area (Å²) in [5.41, 5.74) is 5.69. The molecule has 3 N–H and O–H groups in total. The van der Waals surface area contributed by atoms with Crippen LogP contribution in [0.15, 0.2) is 44.6 Å². The summed E-state index contributed by atoms with van der Waals surface area (Å²) < 4.78 is 0.384. The Morgan fingerprint density at radius 2 is 1.86 bits per heavy atom. The fourth-order valence-electron chi connectivity index (χ4n) is 1.08. The van der Waals surface area contributed by atoms with Crippen LogP contribution < -0.4 is 11.2 Å². The summed E-state index contributed by atoms with van der Waals surface area (Å²) >= 11 is 8.48. The predicted octanol–water partition coefficient (Wildman–Crippen LogP) is 5.20. The average molecular weight is 423 g/mol. The second-order valence-electron chi connectivity index (χ2n) is 3.41. The van der Waals surface area contributed by atoms with Gasteiger partial charge in [-0.1, -0.05) is 25.4 Å². The molecule has 0 atom stereocenters. The highest BCUT2D eigenvalue weighted by Crippen LogP contribution is 2.21. The molecule has 0 aliphatic carbocycles. The Hall–Kier alpha value is -1.13. The zero-order valence-corrected chi connectivity index (χ0v) is 15.8. The Kier molecular flexibility index (Phi) is 10.9. The van der Waals surface area contributed by atoms with Crippen LogP contribution in [0.5, 0.6) is 0 Å². The number of pyridine rings is 1. The molecule has 0 fully saturated rings. The van der Waals surface area contributed by atoms with Gasteiger partial charge in [-0.15, -0.1) is 0 Å². The number of aromatic amines is 1. The molecule has 0 aliphatic rings. The van der Waals surface area contributed by atoms with Gasteiger partial charge in [0.2, 0.25) is 5.43 Å². The van der Waals surface area contributed by atoms with Crippen molar-refractivity contribution in [2.24, 2.45) is 0 Å². The van der Waals surface area contributed by atoms with Crippen LogP contribution in [0.25, 0.3) is 0 Å². The Morgan fingerprint density at radius 1 is 1.32 bits per heavy atom. The molecule has 2 aromatic rings. The van der Waals surface area contributed by atoms with Crippen molar-refractivity contribution < 1.29 is 0 Å². The van der Waals surface area contributed by atoms with Crippen LogP contribution in [0.3, 0.4) is 0 Å². The first-order valence-corrected chi connectivity index (χ1v) is 8.92. The second-order valence-corrected chi connectivity index (χ2v) is 5.73. The van der Waals surface area contributed by atoms with Gasteiger partial charge >= 0.3 is 0 Å². The summed E-state index contributed by atoms with van der Waals surface area (Å²) in [6.45, 7) is 4.00. The van der Waals surface area contributed by atoms with E-state index in [2.05, 4.69) is 20.9 Å². The van der Waals surface area contributed by atoms with E-state index in [1.165, 1.54) is 6.20 Å². The third kappa shape index (κ3) is 6.75. The summed E-state index contributed by atoms with van der Waals surface area (Å²) in [6, 6.07) is 9.14. The van der Waals surface area contributed by atoms with E-state index in [1.807, 2.05) is 32.0 Å². The molecule has 118 valence electrons. The van der Waals surface area contributed by atoms with E-state index < -0.39 is 0 Å². The molecule has 8 heteroatoms. The van der Waals surface area contributed by atoms with E-state index >= 15 is 0 Å². The van der Waals surface area contributed by atoms with Crippen LogP contribution in [0, 0.1) is 11.3 Å². The van der Waals surface area contributed by atoms with Gasteiger partial charge in [0, 0.05) is 11.1 Å². The zero-order valence-electron chi connectivity index (χ0n) is 11.9. The van der Waals surface area contributed by atoms with Crippen LogP contribution in [-0.2, 0) is 0 Å². The molecule has 0 aliphatic heterocycles. The maximum absolute atomic E-state index is 10.9. The highest BCUT2D eigenvalue weighted by molar-refractivity contribution is 9.10. The van der Waals surface area contributed by atoms with Gasteiger partial charge in [0.15, 0.2) is 0 Å². The third-order valence-electron chi connectivity index (χ3n) is 2.10. The number of H-pyrrole nitrogens is 1. The van der Waals surface area contributed by atoms with Crippen LogP contribution in [0.4, 0.5) is 5.69 Å². The molecular weight excluding hydrogens is 409 g/mol. The molecule has 0 radical (unpaired) electrons. The first kappa shape index (κ1) is 20.9. The summed E-state index contributed by atoms with van der Waals surface area (Å²) in [5.74, 6) is 0. The fourth-order valence-corrected chi connectivity index (χ4v) is 2.10. The fraction of sp³-hybridized carbons (Fsp3) is 0.143. The van der Waals surface area contributed by atoms with Gasteiger partial charge in [0.05, 0.1) is 16.1 Å². The number of nitrogens with one attached hydrogen (secondary N) is 1. The minimum atomic E-state index is -0.288. The molecule has 0 spiro atoms. The molecule has 22 heavy (non-hydrogen) atoms. The lowest BCUT2D eigenvalue weighted by atomic mass is 10.2. The molecule has 0 saturated carbocycles. The maximum Gasteiger partial charge on any atom is 0.220 e. The lowest BCUT2D eigenvalue weighted by Crippen LogP contribution is -2.09. The molecule has 2 rings (SSSR count). The summed E-state index contributed by atoms with van der Waals surface area (Å²) in [4.78, 5) is 14.5. The average Bonchev–Trinajstić information content (AvgIpc) is 2.59. The Morgan fingerprint density at radius 3 is 2.27 bits per heavy atom. The van der Waals surface area contributed by atoms with Crippen molar-refractivity contribution in [3.05, 3.63) is 55.9 Å². The Bertz CT molecular complexity index is 684. The minimum absolute atomic E-state index is 0.0380. The smallest absolute Gasteiger partial charge is 0.220 e. The number of anilines is 1. The van der Waals surface area contributed by atoms with E-state index in [9.17, 15) is 4.79 Å². The van der Waals surface area contributed by atoms with Gasteiger partial charge in [0.1, 0.15) is 10.8 Å². The first-order chi connectivity index (χ1) is 10.5. The highest BCUT2D eigenvalue weighted by atomic mass is 79.9. The van der Waals surface area contributed by atoms with Crippen molar-refractivity contribution in [3.63, 3.8) is 0 Å². The molecule has 1 aromatic heterocycles. The van der Waals surface area contributed by atoms with Crippen LogP contribution >= 0.6 is 49.2 Å². The van der Waals surface area contributed by atoms with Gasteiger partial charge in [-0.3, -0.25) is 4.79 Å². The van der Waals surface area contributed by atoms with Gasteiger partial charge in [-0.2, -0.15) is 5.26 Å². The lowest BCUT2D eigenvalue weighted by Gasteiger charge is -1.95. The number of nitrogens with zero attached hydrogens (tertiary/aromatic N) is 1. The lowest BCUT2D eigenvalue weighted by molar-refractivity contribution is 1.28. The van der Waals surface area contributed by atoms with E-state index in [-0.39, 0.29) is 16.3 Å². The van der Waals surface area contributed by atoms with Gasteiger partial charge in [-0.25, -0.2) is 0 Å². The molecular formula is C14H14BrCl2N3OS. The second kappa shape index (κ2) is 11.4. The molecule has 0 bridgehead atoms. The number of aromatic nitrogens is 1. The van der Waals surface area contributed by atoms with Crippen LogP contribution in [0.2, 0.25) is 5.15 Å². The standard InChI is InChI=1S/C7H4ClNS.C5H4BrClN2O.C2H6/c8-10-7-3-1-6(5-9)2-4-7;6-2-1-9-5(7)3(8)4(2)10;1-2/h1-4H;1H,8H2,(H,9,10);1-2H3. The minimum Gasteiger partial charge on any atom is -0.393 e. The SMILES string of the molecule is CC.N#Cc1ccc(SCl)cc1.Nc1c(Cl)[nH]cc(Br)c1=O. The maximum atomic E-state index is 10.9. The number of hydrogen-bond acceptors (Lipinski definition) is 4. The van der Waals surface area contributed by atoms with Crippen molar-refractivity contribution in [1.82, 2.24) is 4.98 Å². The largest absolute Gasteiger partial charge is 0.393 e. The third-order valence-corrected chi connectivity index (χ3v) is 3.98. The molecule has 0 saturated heterocycles. The first-order valence-electron chi connectivity index (χ1n) is 6.10. The predicted molar refractivity (Wildman–Crippen MR) is 98.4 cm³/mol. The number of nitrogens with two attached hydrogens (primary N) is 1. The number of hydrogen-bond donors (Lipinski definition) is 2. The molecule has 0 amide bonds. The Labute approximate surface area is 151 Å². The van der Waals surface area contributed by atoms with Gasteiger partial charge in [-0.05, 0) is 61.9 Å². The quantitative estimate of drug-likeness (QED) is 0.618. The zero-order chi connectivity index (χ0) is 17.1. The van der Waals surface area contributed by atoms with E-state index in [0.717, 1.165) is 15.9 Å². The summed E-state index contributed by atoms with van der Waals surface area (Å²) in [6.07, 6.45) is 1.45. The van der Waals surface area contributed by atoms with Crippen molar-refractivity contribution >= 4 is 54.9 Å². The monoisotopic (exact) mass is 421 g/mol. The van der Waals surface area contributed by atoms with Crippen LogP contribution in [0.1, 0.15) is 19.4 Å². The number of benzene rings is 1.